The fourth-order valence-electron chi connectivity index (χ4n) is 5.90. The van der Waals surface area contributed by atoms with Crippen LogP contribution in [0.2, 0.25) is 0 Å². The largest absolute Gasteiger partial charge is 0.473 e. The summed E-state index contributed by atoms with van der Waals surface area (Å²) in [6, 6.07) is 28.8. The molecule has 2 N–H and O–H groups in total. The van der Waals surface area contributed by atoms with E-state index in [0.717, 1.165) is 56.7 Å². The predicted molar refractivity (Wildman–Crippen MR) is 168 cm³/mol. The number of nitrogens with zero attached hydrogens (tertiary/aromatic N) is 3. The second kappa shape index (κ2) is 13.8. The number of rotatable bonds is 11. The summed E-state index contributed by atoms with van der Waals surface area (Å²) in [6.45, 7) is 5.00. The first-order valence-corrected chi connectivity index (χ1v) is 15.1. The second-order valence-corrected chi connectivity index (χ2v) is 11.5. The maximum Gasteiger partial charge on any atom is 0.404 e. The molecule has 3 aromatic carbocycles. The molecule has 0 radical (unpaired) electrons. The van der Waals surface area contributed by atoms with Gasteiger partial charge in [0.15, 0.2) is 0 Å². The SMILES string of the molecule is O=C(O)NC1CCN(CC2CN(c3ccc(-c4ccc(OCc5ccccc5)nc4OCc4ccccc4)cc3F)C2)CC1. The Morgan fingerprint density at radius 1 is 0.886 bits per heavy atom. The fourth-order valence-corrected chi connectivity index (χ4v) is 5.90. The third-order valence-corrected chi connectivity index (χ3v) is 8.27. The van der Waals surface area contributed by atoms with Gasteiger partial charge in [-0.15, -0.1) is 0 Å². The molecule has 9 heteroatoms. The average Bonchev–Trinajstić information content (AvgIpc) is 3.02. The van der Waals surface area contributed by atoms with E-state index in [1.54, 1.807) is 12.1 Å². The van der Waals surface area contributed by atoms with Gasteiger partial charge < -0.3 is 29.7 Å². The predicted octanol–water partition coefficient (Wildman–Crippen LogP) is 6.21. The van der Waals surface area contributed by atoms with Crippen molar-refractivity contribution in [2.24, 2.45) is 5.92 Å². The molecule has 4 aromatic rings. The monoisotopic (exact) mass is 596 g/mol. The van der Waals surface area contributed by atoms with E-state index in [0.29, 0.717) is 47.7 Å². The molecule has 2 aliphatic heterocycles. The van der Waals surface area contributed by atoms with Crippen molar-refractivity contribution in [1.82, 2.24) is 15.2 Å². The molecule has 2 saturated heterocycles. The molecule has 6 rings (SSSR count). The lowest BCUT2D eigenvalue weighted by Crippen LogP contribution is -2.53. The van der Waals surface area contributed by atoms with Crippen molar-refractivity contribution < 1.29 is 23.8 Å². The number of nitrogens with one attached hydrogen (secondary N) is 1. The highest BCUT2D eigenvalue weighted by molar-refractivity contribution is 5.71. The van der Waals surface area contributed by atoms with Crippen LogP contribution in [0, 0.1) is 11.7 Å². The lowest BCUT2D eigenvalue weighted by Gasteiger charge is -2.44. The van der Waals surface area contributed by atoms with Gasteiger partial charge in [0.25, 0.3) is 0 Å². The molecular weight excluding hydrogens is 559 g/mol. The van der Waals surface area contributed by atoms with E-state index in [1.165, 1.54) is 0 Å². The lowest BCUT2D eigenvalue weighted by molar-refractivity contribution is 0.150. The zero-order chi connectivity index (χ0) is 30.3. The summed E-state index contributed by atoms with van der Waals surface area (Å²) in [5.41, 5.74) is 4.02. The molecule has 0 saturated carbocycles. The molecule has 3 heterocycles. The molecule has 0 bridgehead atoms. The minimum atomic E-state index is -0.955. The molecule has 228 valence electrons. The van der Waals surface area contributed by atoms with Crippen molar-refractivity contribution >= 4 is 11.8 Å². The van der Waals surface area contributed by atoms with Gasteiger partial charge in [0.1, 0.15) is 19.0 Å². The number of carboxylic acid groups (broad SMARTS) is 1. The third kappa shape index (κ3) is 7.47. The van der Waals surface area contributed by atoms with Crippen LogP contribution in [0.5, 0.6) is 11.8 Å². The lowest BCUT2D eigenvalue weighted by atomic mass is 9.96. The van der Waals surface area contributed by atoms with E-state index in [2.05, 4.69) is 20.1 Å². The number of pyridine rings is 1. The number of hydrogen-bond acceptors (Lipinski definition) is 6. The zero-order valence-corrected chi connectivity index (χ0v) is 24.6. The van der Waals surface area contributed by atoms with Gasteiger partial charge in [-0.1, -0.05) is 66.7 Å². The quantitative estimate of drug-likeness (QED) is 0.213. The molecule has 2 fully saturated rings. The van der Waals surface area contributed by atoms with E-state index < -0.39 is 6.09 Å². The van der Waals surface area contributed by atoms with Crippen molar-refractivity contribution in [3.8, 4) is 22.9 Å². The number of anilines is 1. The smallest absolute Gasteiger partial charge is 0.404 e. The highest BCUT2D eigenvalue weighted by Crippen LogP contribution is 2.35. The minimum absolute atomic E-state index is 0.0340. The molecule has 2 aliphatic rings. The zero-order valence-electron chi connectivity index (χ0n) is 24.6. The van der Waals surface area contributed by atoms with Crippen LogP contribution in [0.25, 0.3) is 11.1 Å². The van der Waals surface area contributed by atoms with Crippen LogP contribution in [0.4, 0.5) is 14.9 Å². The first-order chi connectivity index (χ1) is 21.5. The number of likely N-dealkylation sites (tertiary alicyclic amines) is 1. The summed E-state index contributed by atoms with van der Waals surface area (Å²) < 4.78 is 27.6. The van der Waals surface area contributed by atoms with Crippen molar-refractivity contribution in [2.45, 2.75) is 32.1 Å². The highest BCUT2D eigenvalue weighted by Gasteiger charge is 2.31. The molecule has 0 unspecified atom stereocenters. The molecule has 44 heavy (non-hydrogen) atoms. The van der Waals surface area contributed by atoms with Crippen molar-refractivity contribution in [3.05, 3.63) is 108 Å². The number of halogens is 1. The van der Waals surface area contributed by atoms with E-state index in [9.17, 15) is 4.79 Å². The maximum atomic E-state index is 15.5. The van der Waals surface area contributed by atoms with Gasteiger partial charge >= 0.3 is 6.09 Å². The van der Waals surface area contributed by atoms with Crippen LogP contribution in [0.1, 0.15) is 24.0 Å². The van der Waals surface area contributed by atoms with Gasteiger partial charge in [0, 0.05) is 56.3 Å². The van der Waals surface area contributed by atoms with Crippen LogP contribution >= 0.6 is 0 Å². The van der Waals surface area contributed by atoms with Gasteiger partial charge in [0.05, 0.1) is 5.69 Å². The fraction of sp³-hybridized carbons (Fsp3) is 0.314. The Morgan fingerprint density at radius 3 is 2.18 bits per heavy atom. The molecule has 8 nitrogen and oxygen atoms in total. The van der Waals surface area contributed by atoms with Crippen LogP contribution in [-0.2, 0) is 13.2 Å². The molecule has 0 spiro atoms. The summed E-state index contributed by atoms with van der Waals surface area (Å²) in [4.78, 5) is 20.0. The number of benzene rings is 3. The number of piperidine rings is 1. The van der Waals surface area contributed by atoms with E-state index in [4.69, 9.17) is 14.6 Å². The Bertz CT molecular complexity index is 1540. The van der Waals surface area contributed by atoms with E-state index in [-0.39, 0.29) is 11.9 Å². The van der Waals surface area contributed by atoms with Gasteiger partial charge in [-0.25, -0.2) is 9.18 Å². The van der Waals surface area contributed by atoms with Gasteiger partial charge in [-0.3, -0.25) is 0 Å². The van der Waals surface area contributed by atoms with Crippen LogP contribution in [-0.4, -0.2) is 59.8 Å². The Balaban J connectivity index is 1.10. The first-order valence-electron chi connectivity index (χ1n) is 15.1. The number of ether oxygens (including phenoxy) is 2. The van der Waals surface area contributed by atoms with Crippen LogP contribution < -0.4 is 19.7 Å². The van der Waals surface area contributed by atoms with Gasteiger partial charge in [-0.05, 0) is 47.7 Å². The van der Waals surface area contributed by atoms with Gasteiger partial charge in [-0.2, -0.15) is 4.98 Å². The molecule has 1 amide bonds. The van der Waals surface area contributed by atoms with Crippen molar-refractivity contribution in [1.29, 1.82) is 0 Å². The third-order valence-electron chi connectivity index (χ3n) is 8.27. The molecular formula is C35H37FN4O4. The van der Waals surface area contributed by atoms with Crippen LogP contribution in [0.3, 0.4) is 0 Å². The van der Waals surface area contributed by atoms with Crippen LogP contribution in [0.15, 0.2) is 91.0 Å². The van der Waals surface area contributed by atoms with E-state index in [1.807, 2.05) is 78.9 Å². The number of hydrogen-bond donors (Lipinski definition) is 2. The summed E-state index contributed by atoms with van der Waals surface area (Å²) in [5, 5.41) is 11.5. The highest BCUT2D eigenvalue weighted by atomic mass is 19.1. The molecule has 0 atom stereocenters. The Labute approximate surface area is 257 Å². The average molecular weight is 597 g/mol. The van der Waals surface area contributed by atoms with E-state index >= 15 is 4.39 Å². The molecule has 1 aromatic heterocycles. The second-order valence-electron chi connectivity index (χ2n) is 11.5. The summed E-state index contributed by atoms with van der Waals surface area (Å²) >= 11 is 0. The minimum Gasteiger partial charge on any atom is -0.473 e. The van der Waals surface area contributed by atoms with Crippen molar-refractivity contribution in [2.75, 3.05) is 37.6 Å². The Hall–Kier alpha value is -4.63. The number of amides is 1. The first kappa shape index (κ1) is 29.4. The number of aromatic nitrogens is 1. The topological polar surface area (TPSA) is 87.2 Å². The molecule has 0 aliphatic carbocycles. The summed E-state index contributed by atoms with van der Waals surface area (Å²) in [7, 11) is 0. The normalized spacial score (nSPS) is 15.9. The standard InChI is InChI=1S/C35H37FN4O4/c36-31-19-28(11-13-32(31)40-21-27(22-40)20-39-17-15-29(16-18-39)37-35(41)42)30-12-14-33(43-23-25-7-3-1-4-8-25)38-34(30)44-24-26-9-5-2-6-10-26/h1-14,19,27,29,37H,15-18,20-24H2,(H,41,42). The van der Waals surface area contributed by atoms with Crippen molar-refractivity contribution in [3.63, 3.8) is 0 Å². The Morgan fingerprint density at radius 2 is 1.55 bits per heavy atom. The summed E-state index contributed by atoms with van der Waals surface area (Å²) in [6.07, 6.45) is 0.693. The maximum absolute atomic E-state index is 15.5. The summed E-state index contributed by atoms with van der Waals surface area (Å²) in [5.74, 6) is 1.01. The Kier molecular flexibility index (Phi) is 9.22. The number of carbonyl (C=O) groups is 1. The van der Waals surface area contributed by atoms with Gasteiger partial charge in [0.2, 0.25) is 11.8 Å².